The zero-order valence-electron chi connectivity index (χ0n) is 8.79. The van der Waals surface area contributed by atoms with Crippen molar-refractivity contribution in [2.24, 2.45) is 0 Å². The highest BCUT2D eigenvalue weighted by Gasteiger charge is 2.22. The van der Waals surface area contributed by atoms with Gasteiger partial charge in [-0.3, -0.25) is 4.98 Å². The number of ether oxygens (including phenoxy) is 1. The fraction of sp³-hybridized carbons (Fsp3) is 0.545. The lowest BCUT2D eigenvalue weighted by atomic mass is 9.95. The van der Waals surface area contributed by atoms with Crippen molar-refractivity contribution < 1.29 is 4.74 Å². The van der Waals surface area contributed by atoms with E-state index in [-0.39, 0.29) is 5.60 Å². The fourth-order valence-electron chi connectivity index (χ4n) is 1.38. The molecule has 0 saturated heterocycles. The Morgan fingerprint density at radius 1 is 1.46 bits per heavy atom. The number of hydrogen-bond donors (Lipinski definition) is 0. The number of hydrogen-bond acceptors (Lipinski definition) is 2. The molecule has 2 heteroatoms. The van der Waals surface area contributed by atoms with Crippen molar-refractivity contribution in [2.75, 3.05) is 7.11 Å². The van der Waals surface area contributed by atoms with E-state index in [1.165, 1.54) is 5.56 Å². The second-order valence-electron chi connectivity index (χ2n) is 3.57. The van der Waals surface area contributed by atoms with Gasteiger partial charge in [0.25, 0.3) is 0 Å². The van der Waals surface area contributed by atoms with Crippen molar-refractivity contribution in [1.82, 2.24) is 4.98 Å². The van der Waals surface area contributed by atoms with Crippen molar-refractivity contribution in [2.45, 2.75) is 32.8 Å². The van der Waals surface area contributed by atoms with E-state index < -0.39 is 0 Å². The minimum absolute atomic E-state index is 0.237. The average molecular weight is 179 g/mol. The Morgan fingerprint density at radius 2 is 2.15 bits per heavy atom. The van der Waals surface area contributed by atoms with E-state index in [9.17, 15) is 0 Å². The summed E-state index contributed by atoms with van der Waals surface area (Å²) in [4.78, 5) is 4.33. The maximum Gasteiger partial charge on any atom is 0.0889 e. The molecule has 0 fully saturated rings. The zero-order valence-corrected chi connectivity index (χ0v) is 8.79. The van der Waals surface area contributed by atoms with Crippen LogP contribution in [-0.2, 0) is 16.8 Å². The van der Waals surface area contributed by atoms with Crippen LogP contribution in [0.25, 0.3) is 0 Å². The Balaban J connectivity index is 3.12. The van der Waals surface area contributed by atoms with Gasteiger partial charge in [-0.15, -0.1) is 0 Å². The topological polar surface area (TPSA) is 22.1 Å². The third-order valence-corrected chi connectivity index (χ3v) is 2.38. The van der Waals surface area contributed by atoms with Gasteiger partial charge in [0.1, 0.15) is 0 Å². The Labute approximate surface area is 80.0 Å². The summed E-state index contributed by atoms with van der Waals surface area (Å²) in [5, 5.41) is 0. The van der Waals surface area contributed by atoms with Crippen molar-refractivity contribution in [1.29, 1.82) is 0 Å². The molecule has 1 rings (SSSR count). The van der Waals surface area contributed by atoms with E-state index in [0.29, 0.717) is 0 Å². The summed E-state index contributed by atoms with van der Waals surface area (Å²) >= 11 is 0. The Morgan fingerprint density at radius 3 is 2.69 bits per heavy atom. The highest BCUT2D eigenvalue weighted by Crippen LogP contribution is 2.25. The van der Waals surface area contributed by atoms with E-state index in [0.717, 1.165) is 12.1 Å². The molecule has 1 aromatic rings. The van der Waals surface area contributed by atoms with Crippen LogP contribution in [0.5, 0.6) is 0 Å². The molecule has 0 aliphatic heterocycles. The smallest absolute Gasteiger partial charge is 0.0889 e. The molecule has 1 heterocycles. The van der Waals surface area contributed by atoms with Crippen molar-refractivity contribution >= 4 is 0 Å². The molecule has 0 bridgehead atoms. The summed E-state index contributed by atoms with van der Waals surface area (Å²) in [6, 6.07) is 4.03. The fourth-order valence-corrected chi connectivity index (χ4v) is 1.38. The van der Waals surface area contributed by atoms with Crippen LogP contribution in [-0.4, -0.2) is 12.1 Å². The molecule has 0 aliphatic rings. The third kappa shape index (κ3) is 2.07. The first-order valence-electron chi connectivity index (χ1n) is 4.61. The molecule has 0 aromatic carbocycles. The van der Waals surface area contributed by atoms with Gasteiger partial charge in [-0.2, -0.15) is 0 Å². The summed E-state index contributed by atoms with van der Waals surface area (Å²) < 4.78 is 5.43. The largest absolute Gasteiger partial charge is 0.374 e. The number of rotatable bonds is 3. The number of nitrogens with zero attached hydrogens (tertiary/aromatic N) is 1. The highest BCUT2D eigenvalue weighted by atomic mass is 16.5. The lowest BCUT2D eigenvalue weighted by Gasteiger charge is -2.25. The molecule has 2 nitrogen and oxygen atoms in total. The standard InChI is InChI=1S/C11H17NO/c1-5-10-9(7-6-8-12-10)11(2,3)13-4/h6-8H,5H2,1-4H3. The summed E-state index contributed by atoms with van der Waals surface area (Å²) in [5.74, 6) is 0. The monoisotopic (exact) mass is 179 g/mol. The zero-order chi connectivity index (χ0) is 9.90. The van der Waals surface area contributed by atoms with Crippen LogP contribution in [0, 0.1) is 0 Å². The predicted molar refractivity (Wildman–Crippen MR) is 53.7 cm³/mol. The Bertz CT molecular complexity index is 281. The molecule has 0 unspecified atom stereocenters. The average Bonchev–Trinajstić information content (AvgIpc) is 2.18. The number of methoxy groups -OCH3 is 1. The molecule has 0 amide bonds. The number of pyridine rings is 1. The summed E-state index contributed by atoms with van der Waals surface area (Å²) in [7, 11) is 1.73. The maximum atomic E-state index is 5.43. The van der Waals surface area contributed by atoms with Gasteiger partial charge in [0.2, 0.25) is 0 Å². The molecular weight excluding hydrogens is 162 g/mol. The van der Waals surface area contributed by atoms with Gasteiger partial charge in [-0.05, 0) is 26.3 Å². The molecular formula is C11H17NO. The van der Waals surface area contributed by atoms with Gasteiger partial charge in [-0.1, -0.05) is 13.0 Å². The second-order valence-corrected chi connectivity index (χ2v) is 3.57. The maximum absolute atomic E-state index is 5.43. The van der Waals surface area contributed by atoms with Gasteiger partial charge < -0.3 is 4.74 Å². The molecule has 0 atom stereocenters. The normalized spacial score (nSPS) is 11.7. The van der Waals surface area contributed by atoms with Crippen LogP contribution in [0.3, 0.4) is 0 Å². The molecule has 1 aromatic heterocycles. The molecule has 0 aliphatic carbocycles. The van der Waals surface area contributed by atoms with E-state index in [2.05, 4.69) is 31.8 Å². The molecule has 0 N–H and O–H groups in total. The highest BCUT2D eigenvalue weighted by molar-refractivity contribution is 5.25. The third-order valence-electron chi connectivity index (χ3n) is 2.38. The number of aromatic nitrogens is 1. The van der Waals surface area contributed by atoms with Crippen LogP contribution >= 0.6 is 0 Å². The predicted octanol–water partition coefficient (Wildman–Crippen LogP) is 2.53. The van der Waals surface area contributed by atoms with Gasteiger partial charge in [0, 0.05) is 24.6 Å². The van der Waals surface area contributed by atoms with Gasteiger partial charge in [0.15, 0.2) is 0 Å². The second kappa shape index (κ2) is 3.88. The quantitative estimate of drug-likeness (QED) is 0.711. The van der Waals surface area contributed by atoms with E-state index in [1.807, 2.05) is 12.3 Å². The molecule has 72 valence electrons. The molecule has 0 spiro atoms. The van der Waals surface area contributed by atoms with E-state index >= 15 is 0 Å². The molecule has 0 radical (unpaired) electrons. The Kier molecular flexibility index (Phi) is 3.04. The molecule has 0 saturated carbocycles. The van der Waals surface area contributed by atoms with Gasteiger partial charge in [0.05, 0.1) is 5.60 Å². The SMILES string of the molecule is CCc1ncccc1C(C)(C)OC. The number of aryl methyl sites for hydroxylation is 1. The summed E-state index contributed by atoms with van der Waals surface area (Å²) in [6.45, 7) is 6.23. The van der Waals surface area contributed by atoms with Crippen LogP contribution in [0.15, 0.2) is 18.3 Å². The van der Waals surface area contributed by atoms with E-state index in [4.69, 9.17) is 4.74 Å². The minimum atomic E-state index is -0.237. The lowest BCUT2D eigenvalue weighted by molar-refractivity contribution is 0.0181. The first kappa shape index (κ1) is 10.2. The van der Waals surface area contributed by atoms with Crippen LogP contribution in [0.1, 0.15) is 32.0 Å². The minimum Gasteiger partial charge on any atom is -0.374 e. The van der Waals surface area contributed by atoms with Crippen molar-refractivity contribution in [3.8, 4) is 0 Å². The van der Waals surface area contributed by atoms with Crippen LogP contribution in [0.2, 0.25) is 0 Å². The molecule has 13 heavy (non-hydrogen) atoms. The van der Waals surface area contributed by atoms with Crippen molar-refractivity contribution in [3.05, 3.63) is 29.6 Å². The van der Waals surface area contributed by atoms with E-state index in [1.54, 1.807) is 7.11 Å². The Hall–Kier alpha value is -0.890. The van der Waals surface area contributed by atoms with Gasteiger partial charge >= 0.3 is 0 Å². The van der Waals surface area contributed by atoms with Crippen LogP contribution in [0.4, 0.5) is 0 Å². The lowest BCUT2D eigenvalue weighted by Crippen LogP contribution is -2.21. The first-order valence-corrected chi connectivity index (χ1v) is 4.61. The van der Waals surface area contributed by atoms with Crippen LogP contribution < -0.4 is 0 Å². The van der Waals surface area contributed by atoms with Gasteiger partial charge in [-0.25, -0.2) is 0 Å². The summed E-state index contributed by atoms with van der Waals surface area (Å²) in [5.41, 5.74) is 2.06. The van der Waals surface area contributed by atoms with Crippen molar-refractivity contribution in [3.63, 3.8) is 0 Å². The first-order chi connectivity index (χ1) is 6.11. The summed E-state index contributed by atoms with van der Waals surface area (Å²) in [6.07, 6.45) is 2.77.